The van der Waals surface area contributed by atoms with E-state index in [1.807, 2.05) is 6.07 Å². The minimum absolute atomic E-state index is 0.0121. The van der Waals surface area contributed by atoms with Gasteiger partial charge in [-0.25, -0.2) is 4.98 Å². The molecular formula is C21H25N3O3S. The number of anilines is 3. The predicted molar refractivity (Wildman–Crippen MR) is 111 cm³/mol. The minimum Gasteiger partial charge on any atom is -0.490 e. The van der Waals surface area contributed by atoms with E-state index in [1.54, 1.807) is 0 Å². The van der Waals surface area contributed by atoms with Crippen LogP contribution >= 0.6 is 11.3 Å². The topological polar surface area (TPSA) is 54.9 Å². The lowest BCUT2D eigenvalue weighted by Gasteiger charge is -2.33. The highest BCUT2D eigenvalue weighted by Gasteiger charge is 2.35. The average molecular weight is 400 g/mol. The van der Waals surface area contributed by atoms with Crippen molar-refractivity contribution in [3.63, 3.8) is 0 Å². The summed E-state index contributed by atoms with van der Waals surface area (Å²) in [6.45, 7) is 8.96. The summed E-state index contributed by atoms with van der Waals surface area (Å²) in [4.78, 5) is 22.9. The zero-order valence-electron chi connectivity index (χ0n) is 16.4. The molecule has 0 radical (unpaired) electrons. The van der Waals surface area contributed by atoms with Crippen LogP contribution in [0.5, 0.6) is 5.75 Å². The lowest BCUT2D eigenvalue weighted by molar-refractivity contribution is 0.0916. The van der Waals surface area contributed by atoms with Gasteiger partial charge in [-0.1, -0.05) is 25.2 Å². The predicted octanol–water partition coefficient (Wildman–Crippen LogP) is 3.67. The van der Waals surface area contributed by atoms with Crippen LogP contribution in [0, 0.1) is 5.41 Å². The average Bonchev–Trinajstić information content (AvgIpc) is 3.10. The van der Waals surface area contributed by atoms with Crippen LogP contribution in [0.3, 0.4) is 0 Å². The van der Waals surface area contributed by atoms with Crippen LogP contribution in [-0.4, -0.2) is 50.2 Å². The van der Waals surface area contributed by atoms with Crippen LogP contribution in [0.2, 0.25) is 0 Å². The lowest BCUT2D eigenvalue weighted by Crippen LogP contribution is -2.36. The molecule has 1 saturated heterocycles. The molecule has 0 bridgehead atoms. The first kappa shape index (κ1) is 17.9. The highest BCUT2D eigenvalue weighted by molar-refractivity contribution is 7.17. The van der Waals surface area contributed by atoms with E-state index in [0.29, 0.717) is 13.0 Å². The Morgan fingerprint density at radius 3 is 2.75 bits per heavy atom. The van der Waals surface area contributed by atoms with Crippen molar-refractivity contribution in [1.82, 2.24) is 4.98 Å². The van der Waals surface area contributed by atoms with E-state index in [4.69, 9.17) is 14.5 Å². The maximum atomic E-state index is 12.6. The van der Waals surface area contributed by atoms with E-state index in [2.05, 4.69) is 35.8 Å². The lowest BCUT2D eigenvalue weighted by atomic mass is 9.78. The van der Waals surface area contributed by atoms with E-state index in [9.17, 15) is 4.79 Å². The Kier molecular flexibility index (Phi) is 4.32. The van der Waals surface area contributed by atoms with E-state index in [-0.39, 0.29) is 11.2 Å². The van der Waals surface area contributed by atoms with Crippen LogP contribution in [0.15, 0.2) is 18.2 Å². The molecule has 0 unspecified atom stereocenters. The van der Waals surface area contributed by atoms with Gasteiger partial charge in [-0.3, -0.25) is 4.79 Å². The number of morpholine rings is 1. The number of ether oxygens (including phenoxy) is 2. The molecule has 0 spiro atoms. The summed E-state index contributed by atoms with van der Waals surface area (Å²) in [5, 5.41) is 0.903. The maximum absolute atomic E-state index is 12.6. The molecule has 3 aliphatic rings. The molecule has 148 valence electrons. The Morgan fingerprint density at radius 1 is 1.11 bits per heavy atom. The van der Waals surface area contributed by atoms with Crippen LogP contribution in [0.25, 0.3) is 0 Å². The van der Waals surface area contributed by atoms with Gasteiger partial charge in [-0.2, -0.15) is 0 Å². The Hall–Kier alpha value is -2.12. The van der Waals surface area contributed by atoms with Crippen LogP contribution in [0.1, 0.15) is 35.6 Å². The molecule has 28 heavy (non-hydrogen) atoms. The van der Waals surface area contributed by atoms with Gasteiger partial charge in [0.1, 0.15) is 12.4 Å². The molecule has 0 N–H and O–H groups in total. The van der Waals surface area contributed by atoms with Crippen molar-refractivity contribution in [2.24, 2.45) is 5.41 Å². The fourth-order valence-corrected chi connectivity index (χ4v) is 5.31. The van der Waals surface area contributed by atoms with Gasteiger partial charge in [0.2, 0.25) is 0 Å². The molecule has 0 atom stereocenters. The van der Waals surface area contributed by atoms with Crippen molar-refractivity contribution in [2.45, 2.75) is 26.7 Å². The molecule has 3 heterocycles. The molecule has 2 aromatic rings. The molecule has 0 saturated carbocycles. The van der Waals surface area contributed by atoms with Crippen molar-refractivity contribution >= 4 is 33.6 Å². The standard InChI is InChI=1S/C21H25N3O3S/c1-21(2)12-15-19(17(25)13-21)28-20(22-15)24-7-10-27-18-4-3-14(11-16(18)24)23-5-8-26-9-6-23/h3-4,11H,5-10,12-13H2,1-2H3. The van der Waals surface area contributed by atoms with E-state index < -0.39 is 0 Å². The maximum Gasteiger partial charge on any atom is 0.190 e. The van der Waals surface area contributed by atoms with Crippen LogP contribution < -0.4 is 14.5 Å². The Labute approximate surface area is 169 Å². The van der Waals surface area contributed by atoms with Gasteiger partial charge in [-0.15, -0.1) is 0 Å². The van der Waals surface area contributed by atoms with Gasteiger partial charge < -0.3 is 19.3 Å². The monoisotopic (exact) mass is 399 g/mol. The van der Waals surface area contributed by atoms with Gasteiger partial charge in [0.15, 0.2) is 10.9 Å². The summed E-state index contributed by atoms with van der Waals surface area (Å²) >= 11 is 1.53. The Balaban J connectivity index is 1.51. The second kappa shape index (κ2) is 6.74. The number of nitrogens with zero attached hydrogens (tertiary/aromatic N) is 3. The van der Waals surface area contributed by atoms with Gasteiger partial charge in [-0.05, 0) is 30.0 Å². The van der Waals surface area contributed by atoms with Gasteiger partial charge in [0, 0.05) is 25.2 Å². The summed E-state index contributed by atoms with van der Waals surface area (Å²) in [6.07, 6.45) is 1.46. The first-order valence-corrected chi connectivity index (χ1v) is 10.7. The molecular weight excluding hydrogens is 374 g/mol. The van der Waals surface area contributed by atoms with Crippen LogP contribution in [-0.2, 0) is 11.2 Å². The number of carbonyl (C=O) groups excluding carboxylic acids is 1. The number of carbonyl (C=O) groups is 1. The van der Waals surface area contributed by atoms with Gasteiger partial charge in [0.25, 0.3) is 0 Å². The molecule has 7 heteroatoms. The summed E-state index contributed by atoms with van der Waals surface area (Å²) in [5.41, 5.74) is 3.16. The highest BCUT2D eigenvalue weighted by Crippen LogP contribution is 2.44. The van der Waals surface area contributed by atoms with Gasteiger partial charge >= 0.3 is 0 Å². The number of thiazole rings is 1. The third-order valence-electron chi connectivity index (χ3n) is 5.64. The van der Waals surface area contributed by atoms with Crippen molar-refractivity contribution in [3.8, 4) is 5.75 Å². The summed E-state index contributed by atoms with van der Waals surface area (Å²) in [5.74, 6) is 1.11. The number of rotatable bonds is 2. The normalized spacial score (nSPS) is 21.1. The third-order valence-corrected chi connectivity index (χ3v) is 6.80. The SMILES string of the molecule is CC1(C)CC(=O)c2sc(N3CCOc4ccc(N5CCOCC5)cc43)nc2C1. The first-order valence-electron chi connectivity index (χ1n) is 9.90. The number of fused-ring (bicyclic) bond motifs is 2. The third kappa shape index (κ3) is 3.16. The largest absolute Gasteiger partial charge is 0.490 e. The number of hydrogen-bond donors (Lipinski definition) is 0. The van der Waals surface area contributed by atoms with Crippen LogP contribution in [0.4, 0.5) is 16.5 Å². The van der Waals surface area contributed by atoms with E-state index in [1.165, 1.54) is 17.0 Å². The molecule has 1 fully saturated rings. The molecule has 5 rings (SSSR count). The number of hydrogen-bond acceptors (Lipinski definition) is 7. The molecule has 1 aliphatic carbocycles. The van der Waals surface area contributed by atoms with E-state index >= 15 is 0 Å². The second-order valence-corrected chi connectivity index (χ2v) is 9.44. The van der Waals surface area contributed by atoms with E-state index in [0.717, 1.165) is 66.4 Å². The van der Waals surface area contributed by atoms with Crippen molar-refractivity contribution in [1.29, 1.82) is 0 Å². The fraction of sp³-hybridized carbons (Fsp3) is 0.524. The first-order chi connectivity index (χ1) is 13.5. The van der Waals surface area contributed by atoms with Crippen molar-refractivity contribution in [2.75, 3.05) is 49.3 Å². The molecule has 6 nitrogen and oxygen atoms in total. The fourth-order valence-electron chi connectivity index (χ4n) is 4.25. The molecule has 0 amide bonds. The Bertz CT molecular complexity index is 918. The molecule has 2 aliphatic heterocycles. The summed E-state index contributed by atoms with van der Waals surface area (Å²) in [7, 11) is 0. The molecule has 1 aromatic carbocycles. The smallest absolute Gasteiger partial charge is 0.190 e. The van der Waals surface area contributed by atoms with Gasteiger partial charge in [0.05, 0.1) is 36.0 Å². The zero-order valence-corrected chi connectivity index (χ0v) is 17.2. The number of aromatic nitrogens is 1. The highest BCUT2D eigenvalue weighted by atomic mass is 32.1. The quantitative estimate of drug-likeness (QED) is 0.768. The minimum atomic E-state index is -0.0121. The van der Waals surface area contributed by atoms with Crippen molar-refractivity contribution in [3.05, 3.63) is 28.8 Å². The van der Waals surface area contributed by atoms with Crippen molar-refractivity contribution < 1.29 is 14.3 Å². The number of benzene rings is 1. The second-order valence-electron chi connectivity index (χ2n) is 8.46. The number of Topliss-reactive ketones (excluding diaryl/α,β-unsaturated/α-hetero) is 1. The zero-order chi connectivity index (χ0) is 19.3. The summed E-state index contributed by atoms with van der Waals surface area (Å²) in [6, 6.07) is 6.35. The molecule has 1 aromatic heterocycles. The summed E-state index contributed by atoms with van der Waals surface area (Å²) < 4.78 is 11.4. The number of ketones is 1. The Morgan fingerprint density at radius 2 is 1.93 bits per heavy atom.